The van der Waals surface area contributed by atoms with E-state index >= 15 is 0 Å². The van der Waals surface area contributed by atoms with E-state index in [0.717, 1.165) is 22.8 Å². The molecular weight excluding hydrogens is 535 g/mol. The molecule has 11 nitrogen and oxygen atoms in total. The number of hydrogen-bond donors (Lipinski definition) is 3. The Kier molecular flexibility index (Phi) is 8.07. The Morgan fingerprint density at radius 1 is 1.07 bits per heavy atom. The van der Waals surface area contributed by atoms with Gasteiger partial charge in [0.1, 0.15) is 17.5 Å². The molecule has 1 aliphatic heterocycles. The normalized spacial score (nSPS) is 15.1. The lowest BCUT2D eigenvalue weighted by atomic mass is 10.1. The summed E-state index contributed by atoms with van der Waals surface area (Å²) in [5.74, 6) is -3.10. The van der Waals surface area contributed by atoms with Gasteiger partial charge >= 0.3 is 12.1 Å². The van der Waals surface area contributed by atoms with Crippen molar-refractivity contribution < 1.29 is 32.3 Å². The minimum atomic E-state index is -5.11. The van der Waals surface area contributed by atoms with Crippen LogP contribution in [0.2, 0.25) is 0 Å². The quantitative estimate of drug-likeness (QED) is 0.380. The molecule has 2 heterocycles. The van der Waals surface area contributed by atoms with Crippen LogP contribution >= 0.6 is 0 Å². The van der Waals surface area contributed by atoms with Gasteiger partial charge in [0, 0.05) is 30.3 Å². The molecule has 4 N–H and O–H groups in total. The number of likely N-dealkylation sites (tertiary alicyclic amines) is 1. The van der Waals surface area contributed by atoms with Crippen LogP contribution in [0.3, 0.4) is 0 Å². The van der Waals surface area contributed by atoms with E-state index in [4.69, 9.17) is 5.73 Å². The first-order valence-corrected chi connectivity index (χ1v) is 12.1. The van der Waals surface area contributed by atoms with Crippen LogP contribution in [0, 0.1) is 0 Å². The first kappa shape index (κ1) is 28.1. The number of rotatable bonds is 8. The van der Waals surface area contributed by atoms with Gasteiger partial charge in [-0.2, -0.15) is 0 Å². The molecule has 4 rings (SSSR count). The number of ether oxygens (including phenoxy) is 1. The van der Waals surface area contributed by atoms with Crippen LogP contribution in [-0.4, -0.2) is 51.1 Å². The number of amides is 3. The number of alkyl halides is 3. The summed E-state index contributed by atoms with van der Waals surface area (Å²) in [5.41, 5.74) is 3.70. The lowest BCUT2D eigenvalue weighted by Crippen LogP contribution is -2.43. The summed E-state index contributed by atoms with van der Waals surface area (Å²) in [6, 6.07) is 12.0. The summed E-state index contributed by atoms with van der Waals surface area (Å²) in [7, 11) is 0. The van der Waals surface area contributed by atoms with E-state index in [9.17, 15) is 37.1 Å². The second kappa shape index (κ2) is 11.5. The van der Waals surface area contributed by atoms with Crippen molar-refractivity contribution in [2.45, 2.75) is 38.3 Å². The Balaban J connectivity index is 1.52. The molecule has 0 aliphatic carbocycles. The standard InChI is InChI=1S/C26H24F3N5O6/c27-26(28,29)40-20-11-16(24(38)33-10-4-7-19(33)22(30)36)8-9-17(20)13-31-23(37)18-12-21(35)34(25(39)32-18)14-15-5-2-1-3-6-15/h1-3,5-6,8-9,11-12,19H,4,7,10,13-14H2,(H2,30,36)(H,31,37)(H,32,39). The maximum Gasteiger partial charge on any atom is 0.573 e. The number of halogens is 3. The molecule has 1 atom stereocenters. The third kappa shape index (κ3) is 6.57. The van der Waals surface area contributed by atoms with Gasteiger partial charge in [-0.05, 0) is 30.5 Å². The van der Waals surface area contributed by atoms with Crippen LogP contribution in [0.5, 0.6) is 5.75 Å². The second-order valence-corrected chi connectivity index (χ2v) is 9.01. The fourth-order valence-electron chi connectivity index (χ4n) is 4.35. The van der Waals surface area contributed by atoms with E-state index in [1.54, 1.807) is 30.3 Å². The Morgan fingerprint density at radius 2 is 1.80 bits per heavy atom. The molecule has 3 aromatic rings. The van der Waals surface area contributed by atoms with Gasteiger partial charge in [-0.15, -0.1) is 13.2 Å². The Morgan fingerprint density at radius 3 is 2.45 bits per heavy atom. The molecule has 0 spiro atoms. The SMILES string of the molecule is NC(=O)C1CCCN1C(=O)c1ccc(CNC(=O)c2cc(=O)n(Cc3ccccc3)c(=O)[nH]2)c(OC(F)(F)F)c1. The molecule has 1 aromatic heterocycles. The number of aromatic nitrogens is 2. The van der Waals surface area contributed by atoms with Crippen LogP contribution in [0.1, 0.15) is 44.8 Å². The highest BCUT2D eigenvalue weighted by molar-refractivity contribution is 5.98. The van der Waals surface area contributed by atoms with Gasteiger partial charge in [-0.25, -0.2) is 4.79 Å². The predicted octanol–water partition coefficient (Wildman–Crippen LogP) is 1.50. The van der Waals surface area contributed by atoms with E-state index in [1.807, 2.05) is 0 Å². The summed E-state index contributed by atoms with van der Waals surface area (Å²) in [6.45, 7) is -0.318. The van der Waals surface area contributed by atoms with Crippen molar-refractivity contribution in [1.82, 2.24) is 19.8 Å². The van der Waals surface area contributed by atoms with Crippen molar-refractivity contribution in [3.05, 3.63) is 97.8 Å². The molecule has 1 aliphatic rings. The molecule has 1 fully saturated rings. The summed E-state index contributed by atoms with van der Waals surface area (Å²) >= 11 is 0. The molecular formula is C26H24F3N5O6. The topological polar surface area (TPSA) is 157 Å². The molecule has 2 aromatic carbocycles. The van der Waals surface area contributed by atoms with Gasteiger partial charge in [0.2, 0.25) is 5.91 Å². The predicted molar refractivity (Wildman–Crippen MR) is 134 cm³/mol. The zero-order valence-electron chi connectivity index (χ0n) is 20.9. The molecule has 210 valence electrons. The summed E-state index contributed by atoms with van der Waals surface area (Å²) in [5, 5.41) is 2.33. The van der Waals surface area contributed by atoms with Gasteiger partial charge in [-0.3, -0.25) is 23.7 Å². The molecule has 1 saturated heterocycles. The number of benzene rings is 2. The van der Waals surface area contributed by atoms with Crippen LogP contribution in [0.25, 0.3) is 0 Å². The molecule has 0 saturated carbocycles. The van der Waals surface area contributed by atoms with Crippen molar-refractivity contribution in [3.63, 3.8) is 0 Å². The second-order valence-electron chi connectivity index (χ2n) is 9.01. The van der Waals surface area contributed by atoms with E-state index in [1.165, 1.54) is 11.0 Å². The zero-order chi connectivity index (χ0) is 29.0. The highest BCUT2D eigenvalue weighted by Crippen LogP contribution is 2.29. The van der Waals surface area contributed by atoms with Crippen molar-refractivity contribution >= 4 is 17.7 Å². The number of carbonyl (C=O) groups is 3. The monoisotopic (exact) mass is 559 g/mol. The number of H-pyrrole nitrogens is 1. The van der Waals surface area contributed by atoms with Crippen molar-refractivity contribution in [2.24, 2.45) is 5.73 Å². The summed E-state index contributed by atoms with van der Waals surface area (Å²) in [4.78, 5) is 65.6. The Hall–Kier alpha value is -4.88. The Bertz CT molecular complexity index is 1520. The van der Waals surface area contributed by atoms with E-state index < -0.39 is 59.4 Å². The van der Waals surface area contributed by atoms with Gasteiger partial charge in [0.25, 0.3) is 17.4 Å². The molecule has 0 radical (unpaired) electrons. The fourth-order valence-corrected chi connectivity index (χ4v) is 4.35. The van der Waals surface area contributed by atoms with E-state index in [-0.39, 0.29) is 24.2 Å². The lowest BCUT2D eigenvalue weighted by molar-refractivity contribution is -0.274. The average molecular weight is 560 g/mol. The molecule has 14 heteroatoms. The zero-order valence-corrected chi connectivity index (χ0v) is 20.9. The molecule has 3 amide bonds. The summed E-state index contributed by atoms with van der Waals surface area (Å²) < 4.78 is 44.4. The van der Waals surface area contributed by atoms with Gasteiger partial charge < -0.3 is 25.7 Å². The van der Waals surface area contributed by atoms with Crippen molar-refractivity contribution in [2.75, 3.05) is 6.54 Å². The van der Waals surface area contributed by atoms with Gasteiger partial charge in [0.05, 0.1) is 6.54 Å². The van der Waals surface area contributed by atoms with Crippen LogP contribution in [0.15, 0.2) is 64.2 Å². The third-order valence-corrected chi connectivity index (χ3v) is 6.27. The van der Waals surface area contributed by atoms with Gasteiger partial charge in [-0.1, -0.05) is 36.4 Å². The minimum absolute atomic E-state index is 0.0300. The van der Waals surface area contributed by atoms with E-state index in [0.29, 0.717) is 18.4 Å². The van der Waals surface area contributed by atoms with Crippen LogP contribution < -0.4 is 27.0 Å². The first-order valence-electron chi connectivity index (χ1n) is 12.1. The number of carbonyl (C=O) groups excluding carboxylic acids is 3. The van der Waals surface area contributed by atoms with Crippen LogP contribution in [-0.2, 0) is 17.9 Å². The smallest absolute Gasteiger partial charge is 0.405 e. The highest BCUT2D eigenvalue weighted by atomic mass is 19.4. The summed E-state index contributed by atoms with van der Waals surface area (Å²) in [6.07, 6.45) is -4.26. The molecule has 0 bridgehead atoms. The fraction of sp³-hybridized carbons (Fsp3) is 0.269. The third-order valence-electron chi connectivity index (χ3n) is 6.27. The molecule has 1 unspecified atom stereocenters. The first-order chi connectivity index (χ1) is 18.9. The van der Waals surface area contributed by atoms with Crippen LogP contribution in [0.4, 0.5) is 13.2 Å². The Labute approximate surface area is 224 Å². The number of primary amides is 1. The number of nitrogens with one attached hydrogen (secondary N) is 2. The number of aromatic amines is 1. The van der Waals surface area contributed by atoms with Gasteiger partial charge in [0.15, 0.2) is 0 Å². The number of nitrogens with zero attached hydrogens (tertiary/aromatic N) is 2. The van der Waals surface area contributed by atoms with E-state index in [2.05, 4.69) is 15.0 Å². The highest BCUT2D eigenvalue weighted by Gasteiger charge is 2.35. The largest absolute Gasteiger partial charge is 0.573 e. The maximum atomic E-state index is 13.1. The number of nitrogens with two attached hydrogens (primary N) is 1. The number of hydrogen-bond acceptors (Lipinski definition) is 6. The maximum absolute atomic E-state index is 13.1. The van der Waals surface area contributed by atoms with Crippen molar-refractivity contribution in [1.29, 1.82) is 0 Å². The minimum Gasteiger partial charge on any atom is -0.405 e. The van der Waals surface area contributed by atoms with Crippen molar-refractivity contribution in [3.8, 4) is 5.75 Å². The average Bonchev–Trinajstić information content (AvgIpc) is 3.39. The lowest BCUT2D eigenvalue weighted by Gasteiger charge is -2.23. The molecule has 40 heavy (non-hydrogen) atoms.